The maximum Gasteiger partial charge on any atom is 0.236 e. The number of pyridine rings is 2. The number of rotatable bonds is 5. The van der Waals surface area contributed by atoms with Crippen LogP contribution in [-0.2, 0) is 11.4 Å². The van der Waals surface area contributed by atoms with E-state index in [0.717, 1.165) is 34.4 Å². The molecule has 4 heterocycles. The Morgan fingerprint density at radius 1 is 1.40 bits per heavy atom. The number of carbonyl (C=O) groups is 1. The lowest BCUT2D eigenvalue weighted by atomic mass is 9.95. The summed E-state index contributed by atoms with van der Waals surface area (Å²) in [5, 5.41) is 22.9. The van der Waals surface area contributed by atoms with Gasteiger partial charge in [-0.15, -0.1) is 0 Å². The summed E-state index contributed by atoms with van der Waals surface area (Å²) in [6.45, 7) is 3.20. The Morgan fingerprint density at radius 2 is 2.27 bits per heavy atom. The predicted molar refractivity (Wildman–Crippen MR) is 113 cm³/mol. The van der Waals surface area contributed by atoms with Gasteiger partial charge < -0.3 is 20.3 Å². The quantitative estimate of drug-likeness (QED) is 0.602. The molecule has 0 radical (unpaired) electrons. The molecule has 8 nitrogen and oxygen atoms in total. The first kappa shape index (κ1) is 19.9. The highest BCUT2D eigenvalue weighted by atomic mass is 16.3. The molecule has 8 heteroatoms. The van der Waals surface area contributed by atoms with Gasteiger partial charge in [0.05, 0.1) is 29.8 Å². The molecular weight excluding hydrogens is 380 g/mol. The third-order valence-corrected chi connectivity index (χ3v) is 5.42. The number of amides is 1. The normalized spacial score (nSPS) is 18.9. The molecule has 1 aliphatic rings. The summed E-state index contributed by atoms with van der Waals surface area (Å²) in [6.07, 6.45) is 4.43. The Kier molecular flexibility index (Phi) is 5.63. The number of hydrogen-bond acceptors (Lipinski definition) is 6. The predicted octanol–water partition coefficient (Wildman–Crippen LogP) is 2.68. The van der Waals surface area contributed by atoms with Gasteiger partial charge in [0.15, 0.2) is 0 Å². The molecule has 4 rings (SSSR count). The highest BCUT2D eigenvalue weighted by molar-refractivity contribution is 5.97. The highest BCUT2D eigenvalue weighted by Gasteiger charge is 2.28. The second-order valence-electron chi connectivity index (χ2n) is 7.77. The molecule has 3 aromatic rings. The van der Waals surface area contributed by atoms with Crippen LogP contribution in [-0.4, -0.2) is 50.0 Å². The third-order valence-electron chi connectivity index (χ3n) is 5.42. The van der Waals surface area contributed by atoms with Gasteiger partial charge in [0.2, 0.25) is 5.91 Å². The van der Waals surface area contributed by atoms with Crippen molar-refractivity contribution in [1.82, 2.24) is 19.9 Å². The number of aromatic nitrogens is 3. The first-order valence-corrected chi connectivity index (χ1v) is 10.0. The SMILES string of the molecule is C[C@H]1C[C@@H](Nc2c(-c3cccc(CO)n3)cnc3[nH]ccc23)CN(C(=O)CC#N)C1. The number of piperidine rings is 1. The number of aromatic amines is 1. The summed E-state index contributed by atoms with van der Waals surface area (Å²) in [5.74, 6) is 0.191. The van der Waals surface area contributed by atoms with Crippen LogP contribution in [0.2, 0.25) is 0 Å². The van der Waals surface area contributed by atoms with E-state index < -0.39 is 0 Å². The number of hydrogen-bond donors (Lipinski definition) is 3. The van der Waals surface area contributed by atoms with E-state index in [4.69, 9.17) is 5.26 Å². The molecule has 1 fully saturated rings. The lowest BCUT2D eigenvalue weighted by molar-refractivity contribution is -0.132. The average Bonchev–Trinajstić information content (AvgIpc) is 3.23. The number of nitriles is 1. The van der Waals surface area contributed by atoms with Crippen LogP contribution >= 0.6 is 0 Å². The van der Waals surface area contributed by atoms with Crippen LogP contribution in [0, 0.1) is 17.2 Å². The van der Waals surface area contributed by atoms with E-state index in [1.807, 2.05) is 30.5 Å². The van der Waals surface area contributed by atoms with Gasteiger partial charge >= 0.3 is 0 Å². The maximum absolute atomic E-state index is 12.3. The van der Waals surface area contributed by atoms with Gasteiger partial charge in [0.25, 0.3) is 0 Å². The van der Waals surface area contributed by atoms with E-state index in [-0.39, 0.29) is 25.0 Å². The molecule has 1 amide bonds. The lowest BCUT2D eigenvalue weighted by Gasteiger charge is -2.37. The molecule has 0 bridgehead atoms. The Balaban J connectivity index is 1.70. The largest absolute Gasteiger partial charge is 0.390 e. The Labute approximate surface area is 174 Å². The van der Waals surface area contributed by atoms with Crippen LogP contribution in [0.5, 0.6) is 0 Å². The van der Waals surface area contributed by atoms with Gasteiger partial charge in [0, 0.05) is 42.5 Å². The lowest BCUT2D eigenvalue weighted by Crippen LogP contribution is -2.48. The topological polar surface area (TPSA) is 118 Å². The number of aliphatic hydroxyl groups is 1. The van der Waals surface area contributed by atoms with Crippen molar-refractivity contribution in [2.24, 2.45) is 5.92 Å². The van der Waals surface area contributed by atoms with Gasteiger partial charge in [0.1, 0.15) is 12.1 Å². The van der Waals surface area contributed by atoms with Crippen LogP contribution in [0.3, 0.4) is 0 Å². The van der Waals surface area contributed by atoms with Crippen LogP contribution in [0.1, 0.15) is 25.5 Å². The second-order valence-corrected chi connectivity index (χ2v) is 7.77. The summed E-state index contributed by atoms with van der Waals surface area (Å²) >= 11 is 0. The Hall–Kier alpha value is -3.44. The van der Waals surface area contributed by atoms with Crippen molar-refractivity contribution in [2.45, 2.75) is 32.4 Å². The van der Waals surface area contributed by atoms with Crippen molar-refractivity contribution in [3.63, 3.8) is 0 Å². The number of H-pyrrole nitrogens is 1. The molecular formula is C22H24N6O2. The van der Waals surface area contributed by atoms with Gasteiger partial charge in [-0.2, -0.15) is 5.26 Å². The zero-order chi connectivity index (χ0) is 21.1. The highest BCUT2D eigenvalue weighted by Crippen LogP contribution is 2.34. The molecule has 3 N–H and O–H groups in total. The molecule has 0 aromatic carbocycles. The standard InChI is InChI=1S/C22H24N6O2/c1-14-9-16(12-28(11-14)20(30)5-7-23)27-21-17-6-8-24-22(17)25-10-18(21)19-4-2-3-15(13-29)26-19/h2-4,6,8,10,14,16,29H,5,9,11-13H2,1H3,(H2,24,25,27)/t14-,16+/m0/s1. The molecule has 2 atom stereocenters. The van der Waals surface area contributed by atoms with Crippen molar-refractivity contribution in [1.29, 1.82) is 5.26 Å². The van der Waals surface area contributed by atoms with Crippen LogP contribution in [0.25, 0.3) is 22.3 Å². The summed E-state index contributed by atoms with van der Waals surface area (Å²) in [7, 11) is 0. The smallest absolute Gasteiger partial charge is 0.236 e. The van der Waals surface area contributed by atoms with Gasteiger partial charge in [-0.3, -0.25) is 9.78 Å². The number of carbonyl (C=O) groups excluding carboxylic acids is 1. The van der Waals surface area contributed by atoms with E-state index in [9.17, 15) is 9.90 Å². The molecule has 0 saturated carbocycles. The van der Waals surface area contributed by atoms with Crippen molar-refractivity contribution >= 4 is 22.6 Å². The number of anilines is 1. The summed E-state index contributed by atoms with van der Waals surface area (Å²) in [6, 6.07) is 9.50. The van der Waals surface area contributed by atoms with Crippen LogP contribution < -0.4 is 5.32 Å². The average molecular weight is 404 g/mol. The Bertz CT molecular complexity index is 1100. The number of fused-ring (bicyclic) bond motifs is 1. The zero-order valence-electron chi connectivity index (χ0n) is 16.8. The molecule has 0 aliphatic carbocycles. The first-order valence-electron chi connectivity index (χ1n) is 10.0. The fourth-order valence-electron chi connectivity index (χ4n) is 4.12. The summed E-state index contributed by atoms with van der Waals surface area (Å²) < 4.78 is 0. The molecule has 1 saturated heterocycles. The fourth-order valence-corrected chi connectivity index (χ4v) is 4.12. The minimum absolute atomic E-state index is 0.0386. The molecule has 154 valence electrons. The Morgan fingerprint density at radius 3 is 3.07 bits per heavy atom. The molecule has 3 aromatic heterocycles. The van der Waals surface area contributed by atoms with E-state index in [1.165, 1.54) is 0 Å². The van der Waals surface area contributed by atoms with Crippen molar-refractivity contribution < 1.29 is 9.90 Å². The van der Waals surface area contributed by atoms with Crippen molar-refractivity contribution in [3.8, 4) is 17.3 Å². The van der Waals surface area contributed by atoms with Gasteiger partial charge in [-0.05, 0) is 30.5 Å². The minimum Gasteiger partial charge on any atom is -0.390 e. The van der Waals surface area contributed by atoms with Crippen molar-refractivity contribution in [2.75, 3.05) is 18.4 Å². The number of aliphatic hydroxyl groups excluding tert-OH is 1. The molecule has 30 heavy (non-hydrogen) atoms. The van der Waals surface area contributed by atoms with E-state index >= 15 is 0 Å². The van der Waals surface area contributed by atoms with E-state index in [0.29, 0.717) is 24.7 Å². The number of likely N-dealkylation sites (tertiary alicyclic amines) is 1. The van der Waals surface area contributed by atoms with Gasteiger partial charge in [-0.1, -0.05) is 13.0 Å². The van der Waals surface area contributed by atoms with Crippen molar-refractivity contribution in [3.05, 3.63) is 42.4 Å². The van der Waals surface area contributed by atoms with Crippen LogP contribution in [0.15, 0.2) is 36.7 Å². The summed E-state index contributed by atoms with van der Waals surface area (Å²) in [4.78, 5) is 26.3. The molecule has 1 aliphatic heterocycles. The monoisotopic (exact) mass is 404 g/mol. The van der Waals surface area contributed by atoms with Gasteiger partial charge in [-0.25, -0.2) is 4.98 Å². The first-order chi connectivity index (χ1) is 14.6. The van der Waals surface area contributed by atoms with Crippen LogP contribution in [0.4, 0.5) is 5.69 Å². The maximum atomic E-state index is 12.3. The van der Waals surface area contributed by atoms with E-state index in [1.54, 1.807) is 17.2 Å². The number of nitrogens with one attached hydrogen (secondary N) is 2. The van der Waals surface area contributed by atoms with E-state index in [2.05, 4.69) is 27.2 Å². The second kappa shape index (κ2) is 8.51. The molecule has 0 unspecified atom stereocenters. The zero-order valence-corrected chi connectivity index (χ0v) is 16.8. The minimum atomic E-state index is -0.132. The summed E-state index contributed by atoms with van der Waals surface area (Å²) in [5.41, 5.74) is 3.81. The molecule has 0 spiro atoms. The number of nitrogens with zero attached hydrogens (tertiary/aromatic N) is 4. The third kappa shape index (κ3) is 3.98. The fraction of sp³-hybridized carbons (Fsp3) is 0.364.